The Bertz CT molecular complexity index is 827. The van der Waals surface area contributed by atoms with Crippen LogP contribution in [0, 0.1) is 9.39 Å². The second-order valence-corrected chi connectivity index (χ2v) is 6.36. The maximum atomic E-state index is 13.5. The summed E-state index contributed by atoms with van der Waals surface area (Å²) in [6.45, 7) is 4.06. The van der Waals surface area contributed by atoms with E-state index in [1.165, 1.54) is 12.1 Å². The van der Waals surface area contributed by atoms with Gasteiger partial charge >= 0.3 is 0 Å². The Kier molecular flexibility index (Phi) is 3.61. The quantitative estimate of drug-likeness (QED) is 0.636. The van der Waals surface area contributed by atoms with Crippen LogP contribution in [0.25, 0.3) is 22.4 Å². The first-order chi connectivity index (χ1) is 9.97. The number of imidazole rings is 1. The van der Waals surface area contributed by atoms with Crippen LogP contribution >= 0.6 is 22.6 Å². The third-order valence-corrected chi connectivity index (χ3v) is 4.28. The van der Waals surface area contributed by atoms with Gasteiger partial charge in [0.1, 0.15) is 17.4 Å². The Morgan fingerprint density at radius 2 is 1.95 bits per heavy atom. The van der Waals surface area contributed by atoms with Crippen molar-refractivity contribution in [2.75, 3.05) is 0 Å². The molecule has 0 unspecified atom stereocenters. The van der Waals surface area contributed by atoms with Gasteiger partial charge in [0.25, 0.3) is 0 Å². The molecule has 108 valence electrons. The van der Waals surface area contributed by atoms with Crippen molar-refractivity contribution in [1.29, 1.82) is 0 Å². The van der Waals surface area contributed by atoms with E-state index in [0.29, 0.717) is 0 Å². The summed E-state index contributed by atoms with van der Waals surface area (Å²) < 4.78 is 16.3. The number of nitrogens with zero attached hydrogens (tertiary/aromatic N) is 2. The second-order valence-electron chi connectivity index (χ2n) is 5.20. The third-order valence-electron chi connectivity index (χ3n) is 3.37. The van der Waals surface area contributed by atoms with E-state index in [1.54, 1.807) is 12.1 Å². The van der Waals surface area contributed by atoms with Crippen molar-refractivity contribution in [2.45, 2.75) is 19.9 Å². The molecule has 3 aromatic rings. The zero-order valence-corrected chi connectivity index (χ0v) is 13.8. The molecule has 2 aromatic carbocycles. The van der Waals surface area contributed by atoms with Gasteiger partial charge in [-0.15, -0.1) is 0 Å². The number of phenolic OH excluding ortho intramolecular Hbond substituents is 1. The highest BCUT2D eigenvalue weighted by molar-refractivity contribution is 14.1. The van der Waals surface area contributed by atoms with Crippen molar-refractivity contribution in [3.63, 3.8) is 0 Å². The third kappa shape index (κ3) is 2.50. The molecule has 3 nitrogen and oxygen atoms in total. The molecular weight excluding hydrogens is 382 g/mol. The van der Waals surface area contributed by atoms with E-state index >= 15 is 0 Å². The molecule has 0 bridgehead atoms. The lowest BCUT2D eigenvalue weighted by atomic mass is 10.2. The number of phenols is 1. The minimum Gasteiger partial charge on any atom is -0.507 e. The molecule has 0 aliphatic heterocycles. The van der Waals surface area contributed by atoms with Gasteiger partial charge in [0.15, 0.2) is 0 Å². The smallest absolute Gasteiger partial charge is 0.141 e. The average molecular weight is 396 g/mol. The van der Waals surface area contributed by atoms with Gasteiger partial charge in [0, 0.05) is 11.6 Å². The van der Waals surface area contributed by atoms with E-state index in [1.807, 2.05) is 30.5 Å². The Labute approximate surface area is 135 Å². The first kappa shape index (κ1) is 14.3. The number of aromatic hydroxyl groups is 1. The molecule has 5 heteroatoms. The maximum Gasteiger partial charge on any atom is 0.141 e. The topological polar surface area (TPSA) is 38.0 Å². The number of fused-ring (bicyclic) bond motifs is 1. The van der Waals surface area contributed by atoms with Crippen LogP contribution in [-0.4, -0.2) is 14.7 Å². The first-order valence-corrected chi connectivity index (χ1v) is 7.71. The van der Waals surface area contributed by atoms with Crippen LogP contribution in [-0.2, 0) is 0 Å². The molecule has 1 N–H and O–H groups in total. The monoisotopic (exact) mass is 396 g/mol. The first-order valence-electron chi connectivity index (χ1n) is 6.63. The Morgan fingerprint density at radius 3 is 2.62 bits per heavy atom. The predicted octanol–water partition coefficient (Wildman–Crippen LogP) is 4.73. The highest BCUT2D eigenvalue weighted by atomic mass is 127. The minimum absolute atomic E-state index is 0.133. The average Bonchev–Trinajstić information content (AvgIpc) is 2.80. The van der Waals surface area contributed by atoms with Crippen LogP contribution in [0.5, 0.6) is 5.75 Å². The highest BCUT2D eigenvalue weighted by Gasteiger charge is 2.16. The zero-order valence-electron chi connectivity index (χ0n) is 11.6. The highest BCUT2D eigenvalue weighted by Crippen LogP contribution is 2.32. The predicted molar refractivity (Wildman–Crippen MR) is 89.9 cm³/mol. The van der Waals surface area contributed by atoms with Crippen LogP contribution in [0.2, 0.25) is 0 Å². The molecule has 0 saturated carbocycles. The lowest BCUT2D eigenvalue weighted by Gasteiger charge is -2.13. The number of benzene rings is 2. The molecule has 0 atom stereocenters. The fraction of sp³-hybridized carbons (Fsp3) is 0.188. The Morgan fingerprint density at radius 1 is 1.19 bits per heavy atom. The van der Waals surface area contributed by atoms with Crippen LogP contribution < -0.4 is 0 Å². The second kappa shape index (κ2) is 5.29. The molecule has 0 amide bonds. The Balaban J connectivity index is 2.30. The molecule has 0 fully saturated rings. The van der Waals surface area contributed by atoms with E-state index in [0.717, 1.165) is 26.0 Å². The van der Waals surface area contributed by atoms with Crippen LogP contribution in [0.15, 0.2) is 36.4 Å². The molecule has 21 heavy (non-hydrogen) atoms. The molecular formula is C16H14FIN2O. The van der Waals surface area contributed by atoms with Crippen LogP contribution in [0.1, 0.15) is 19.9 Å². The number of hydrogen-bond acceptors (Lipinski definition) is 2. The summed E-state index contributed by atoms with van der Waals surface area (Å²) in [6, 6.07) is 10.2. The summed E-state index contributed by atoms with van der Waals surface area (Å²) in [7, 11) is 0. The zero-order chi connectivity index (χ0) is 15.1. The molecule has 3 rings (SSSR count). The van der Waals surface area contributed by atoms with Gasteiger partial charge in [0.05, 0.1) is 14.6 Å². The molecule has 1 aromatic heterocycles. The number of rotatable bonds is 2. The molecule has 0 aliphatic carbocycles. The maximum absolute atomic E-state index is 13.5. The molecule has 0 radical (unpaired) electrons. The van der Waals surface area contributed by atoms with Crippen molar-refractivity contribution in [3.05, 3.63) is 45.8 Å². The Hall–Kier alpha value is -1.63. The van der Waals surface area contributed by atoms with Crippen molar-refractivity contribution in [3.8, 4) is 17.1 Å². The van der Waals surface area contributed by atoms with Crippen molar-refractivity contribution in [2.24, 2.45) is 0 Å². The van der Waals surface area contributed by atoms with Gasteiger partial charge in [-0.3, -0.25) is 0 Å². The fourth-order valence-electron chi connectivity index (χ4n) is 2.44. The molecule has 1 heterocycles. The van der Waals surface area contributed by atoms with Gasteiger partial charge in [-0.05, 0) is 72.8 Å². The van der Waals surface area contributed by atoms with Gasteiger partial charge in [0.2, 0.25) is 0 Å². The van der Waals surface area contributed by atoms with Gasteiger partial charge < -0.3 is 9.67 Å². The van der Waals surface area contributed by atoms with Gasteiger partial charge in [-0.2, -0.15) is 0 Å². The number of aromatic nitrogens is 2. The summed E-state index contributed by atoms with van der Waals surface area (Å²) >= 11 is 2.07. The van der Waals surface area contributed by atoms with Crippen LogP contribution in [0.4, 0.5) is 4.39 Å². The van der Waals surface area contributed by atoms with Crippen LogP contribution in [0.3, 0.4) is 0 Å². The van der Waals surface area contributed by atoms with E-state index < -0.39 is 0 Å². The standard InChI is InChI=1S/C16H14FIN2O/c1-9(2)20-14-8-11(17)4-6-13(14)19-16(20)10-3-5-12(18)15(21)7-10/h3-9,21H,1-2H3. The minimum atomic E-state index is -0.277. The van der Waals surface area contributed by atoms with Gasteiger partial charge in [-0.25, -0.2) is 9.37 Å². The molecule has 0 aliphatic rings. The lowest BCUT2D eigenvalue weighted by Crippen LogP contribution is -2.03. The normalized spacial score (nSPS) is 11.5. The summed E-state index contributed by atoms with van der Waals surface area (Å²) in [5.74, 6) is 0.681. The molecule has 0 spiro atoms. The fourth-order valence-corrected chi connectivity index (χ4v) is 2.78. The van der Waals surface area contributed by atoms with Gasteiger partial charge in [-0.1, -0.05) is 0 Å². The molecule has 0 saturated heterocycles. The van der Waals surface area contributed by atoms with Crippen molar-refractivity contribution < 1.29 is 9.50 Å². The summed E-state index contributed by atoms with van der Waals surface area (Å²) in [4.78, 5) is 4.60. The SMILES string of the molecule is CC(C)n1c(-c2ccc(I)c(O)c2)nc2ccc(F)cc21. The summed E-state index contributed by atoms with van der Waals surface area (Å²) in [6.07, 6.45) is 0. The van der Waals surface area contributed by atoms with Crippen molar-refractivity contribution in [1.82, 2.24) is 9.55 Å². The number of halogens is 2. The largest absolute Gasteiger partial charge is 0.507 e. The van der Waals surface area contributed by atoms with E-state index in [4.69, 9.17) is 0 Å². The van der Waals surface area contributed by atoms with E-state index in [2.05, 4.69) is 27.6 Å². The van der Waals surface area contributed by atoms with E-state index in [-0.39, 0.29) is 17.6 Å². The number of hydrogen-bond donors (Lipinski definition) is 1. The lowest BCUT2D eigenvalue weighted by molar-refractivity contribution is 0.471. The van der Waals surface area contributed by atoms with E-state index in [9.17, 15) is 9.50 Å². The summed E-state index contributed by atoms with van der Waals surface area (Å²) in [5, 5.41) is 9.91. The summed E-state index contributed by atoms with van der Waals surface area (Å²) in [5.41, 5.74) is 2.33. The van der Waals surface area contributed by atoms with Crippen molar-refractivity contribution >= 4 is 33.6 Å².